The molecule has 0 heterocycles. The van der Waals surface area contributed by atoms with Crippen LogP contribution in [-0.2, 0) is 0 Å². The van der Waals surface area contributed by atoms with Gasteiger partial charge < -0.3 is 0 Å². The minimum atomic E-state index is -1.52. The van der Waals surface area contributed by atoms with Crippen LogP contribution in [0, 0.1) is 0 Å². The average Bonchev–Trinajstić information content (AvgIpc) is 2.41. The molecule has 0 bridgehead atoms. The number of hydrogen-bond acceptors (Lipinski definition) is 1. The summed E-state index contributed by atoms with van der Waals surface area (Å²) in [6.45, 7) is 11.5. The van der Waals surface area contributed by atoms with Gasteiger partial charge in [-0.3, -0.25) is 0 Å². The fraction of sp³-hybridized carbons (Fsp3) is 0.625. The van der Waals surface area contributed by atoms with Crippen molar-refractivity contribution in [1.29, 1.82) is 0 Å². The normalized spacial score (nSPS) is 10.4. The van der Waals surface area contributed by atoms with Crippen LogP contribution < -0.4 is 8.22 Å². The standard InChI is InChI=1S/C10H14N.2C3H7.In/c1-3-11(4-2)10-8-6-5-7-9-10;2*1-3-2;/h5-8H,3-4H2,1-2H3;2*1,3H2,2H3;. The van der Waals surface area contributed by atoms with Crippen molar-refractivity contribution in [1.82, 2.24) is 0 Å². The van der Waals surface area contributed by atoms with Crippen molar-refractivity contribution in [3.8, 4) is 0 Å². The second kappa shape index (κ2) is 8.90. The molecule has 0 fully saturated rings. The van der Waals surface area contributed by atoms with Gasteiger partial charge in [0.2, 0.25) is 0 Å². The molecule has 0 aromatic heterocycles. The van der Waals surface area contributed by atoms with Crippen LogP contribution in [0.2, 0.25) is 8.35 Å². The Hall–Kier alpha value is -0.110. The van der Waals surface area contributed by atoms with Crippen LogP contribution in [0.4, 0.5) is 5.69 Å². The van der Waals surface area contributed by atoms with Crippen molar-refractivity contribution in [3.63, 3.8) is 0 Å². The van der Waals surface area contributed by atoms with E-state index in [1.807, 2.05) is 0 Å². The number of anilines is 1. The van der Waals surface area contributed by atoms with Crippen molar-refractivity contribution < 1.29 is 0 Å². The van der Waals surface area contributed by atoms with E-state index in [4.69, 9.17) is 0 Å². The molecule has 0 spiro atoms. The van der Waals surface area contributed by atoms with Gasteiger partial charge in [0.15, 0.2) is 0 Å². The van der Waals surface area contributed by atoms with E-state index >= 15 is 0 Å². The van der Waals surface area contributed by atoms with Crippen molar-refractivity contribution in [3.05, 3.63) is 24.3 Å². The molecule has 100 valence electrons. The Labute approximate surface area is 121 Å². The molecule has 1 aromatic rings. The summed E-state index contributed by atoms with van der Waals surface area (Å²) in [6, 6.07) is 9.23. The van der Waals surface area contributed by atoms with E-state index in [1.165, 1.54) is 21.2 Å². The van der Waals surface area contributed by atoms with Crippen molar-refractivity contribution in [2.75, 3.05) is 18.0 Å². The summed E-state index contributed by atoms with van der Waals surface area (Å²) in [6.07, 6.45) is 2.74. The molecule has 0 amide bonds. The Morgan fingerprint density at radius 3 is 1.94 bits per heavy atom. The van der Waals surface area contributed by atoms with Gasteiger partial charge in [-0.05, 0) is 0 Å². The van der Waals surface area contributed by atoms with E-state index in [-0.39, 0.29) is 0 Å². The molecule has 0 aliphatic rings. The zero-order valence-electron chi connectivity index (χ0n) is 12.6. The number of nitrogens with zero attached hydrogens (tertiary/aromatic N) is 1. The topological polar surface area (TPSA) is 3.24 Å². The maximum absolute atomic E-state index is 2.53. The fourth-order valence-electron chi connectivity index (χ4n) is 2.84. The Morgan fingerprint density at radius 1 is 0.889 bits per heavy atom. The first-order chi connectivity index (χ1) is 8.78. The van der Waals surface area contributed by atoms with Crippen LogP contribution >= 0.6 is 0 Å². The molecular weight excluding hydrogens is 321 g/mol. The van der Waals surface area contributed by atoms with E-state index in [0.29, 0.717) is 0 Å². The number of para-hydroxylation sites is 1. The molecule has 1 nitrogen and oxygen atoms in total. The van der Waals surface area contributed by atoms with Crippen LogP contribution in [0.15, 0.2) is 24.3 Å². The Balaban J connectivity index is 3.04. The van der Waals surface area contributed by atoms with E-state index in [9.17, 15) is 0 Å². The zero-order valence-corrected chi connectivity index (χ0v) is 15.9. The molecule has 0 saturated heterocycles. The van der Waals surface area contributed by atoms with Gasteiger partial charge in [-0.15, -0.1) is 0 Å². The van der Waals surface area contributed by atoms with Gasteiger partial charge in [-0.1, -0.05) is 0 Å². The molecule has 0 saturated carbocycles. The van der Waals surface area contributed by atoms with Gasteiger partial charge in [-0.25, -0.2) is 0 Å². The second-order valence-corrected chi connectivity index (χ2v) is 14.1. The van der Waals surface area contributed by atoms with Crippen LogP contribution in [0.1, 0.15) is 40.5 Å². The van der Waals surface area contributed by atoms with Crippen molar-refractivity contribution in [2.24, 2.45) is 0 Å². The van der Waals surface area contributed by atoms with Crippen molar-refractivity contribution >= 4 is 30.4 Å². The molecule has 0 aliphatic heterocycles. The van der Waals surface area contributed by atoms with Gasteiger partial charge in [-0.2, -0.15) is 0 Å². The predicted octanol–water partition coefficient (Wildman–Crippen LogP) is 4.05. The molecule has 0 N–H and O–H groups in total. The molecule has 0 atom stereocenters. The second-order valence-electron chi connectivity index (χ2n) is 5.01. The Bertz CT molecular complexity index is 328. The molecule has 0 unspecified atom stereocenters. The number of hydrogen-bond donors (Lipinski definition) is 0. The van der Waals surface area contributed by atoms with Gasteiger partial charge in [0.25, 0.3) is 0 Å². The monoisotopic (exact) mass is 349 g/mol. The van der Waals surface area contributed by atoms with E-state index in [0.717, 1.165) is 13.1 Å². The third-order valence-corrected chi connectivity index (χ3v) is 14.9. The van der Waals surface area contributed by atoms with Gasteiger partial charge in [0.05, 0.1) is 0 Å². The van der Waals surface area contributed by atoms with Crippen molar-refractivity contribution in [2.45, 2.75) is 48.9 Å². The SMILES string of the molecule is CC[CH2][In]([CH2]CC)[c]1ccccc1N(CC)CC. The Morgan fingerprint density at radius 2 is 1.44 bits per heavy atom. The molecule has 2 heteroatoms. The first-order valence-corrected chi connectivity index (χ1v) is 13.9. The third kappa shape index (κ3) is 4.22. The van der Waals surface area contributed by atoms with E-state index < -0.39 is 21.4 Å². The quantitative estimate of drug-likeness (QED) is 0.684. The molecule has 1 rings (SSSR count). The van der Waals surface area contributed by atoms with Crippen LogP contribution in [0.5, 0.6) is 0 Å². The van der Waals surface area contributed by atoms with E-state index in [1.54, 1.807) is 9.01 Å². The summed E-state index contributed by atoms with van der Waals surface area (Å²) < 4.78 is 4.81. The predicted molar refractivity (Wildman–Crippen MR) is 85.6 cm³/mol. The summed E-state index contributed by atoms with van der Waals surface area (Å²) >= 11 is -1.52. The first kappa shape index (κ1) is 15.9. The number of benzene rings is 1. The molecule has 1 aromatic carbocycles. The van der Waals surface area contributed by atoms with Gasteiger partial charge in [0, 0.05) is 0 Å². The summed E-state index contributed by atoms with van der Waals surface area (Å²) in [5.74, 6) is 0. The molecule has 18 heavy (non-hydrogen) atoms. The summed E-state index contributed by atoms with van der Waals surface area (Å²) in [4.78, 5) is 2.53. The molecular formula is C16H28InN. The third-order valence-electron chi connectivity index (χ3n) is 3.75. The maximum atomic E-state index is 2.53. The Kier molecular flexibility index (Phi) is 7.88. The summed E-state index contributed by atoms with van der Waals surface area (Å²) in [5.41, 5.74) is 1.55. The van der Waals surface area contributed by atoms with Crippen LogP contribution in [0.3, 0.4) is 0 Å². The molecule has 0 radical (unpaired) electrons. The van der Waals surface area contributed by atoms with Crippen LogP contribution in [0.25, 0.3) is 0 Å². The summed E-state index contributed by atoms with van der Waals surface area (Å²) in [7, 11) is 0. The summed E-state index contributed by atoms with van der Waals surface area (Å²) in [5, 5.41) is 0. The van der Waals surface area contributed by atoms with Gasteiger partial charge in [0.1, 0.15) is 0 Å². The fourth-order valence-corrected chi connectivity index (χ4v) is 12.5. The number of rotatable bonds is 8. The average molecular weight is 349 g/mol. The zero-order chi connectivity index (χ0) is 13.4. The minimum absolute atomic E-state index is 1.13. The molecule has 0 aliphatic carbocycles. The van der Waals surface area contributed by atoms with Gasteiger partial charge >= 0.3 is 122 Å². The van der Waals surface area contributed by atoms with E-state index in [2.05, 4.69) is 56.9 Å². The first-order valence-electron chi connectivity index (χ1n) is 7.62. The van der Waals surface area contributed by atoms with Crippen LogP contribution in [-0.4, -0.2) is 34.5 Å².